The Morgan fingerprint density at radius 1 is 1.15 bits per heavy atom. The molecule has 10 nitrogen and oxygen atoms in total. The summed E-state index contributed by atoms with van der Waals surface area (Å²) in [6.07, 6.45) is 1.19. The summed E-state index contributed by atoms with van der Waals surface area (Å²) >= 11 is 0. The van der Waals surface area contributed by atoms with Crippen LogP contribution in [-0.4, -0.2) is 54.7 Å². The van der Waals surface area contributed by atoms with Gasteiger partial charge in [-0.2, -0.15) is 10.4 Å². The number of amides is 2. The van der Waals surface area contributed by atoms with Crippen molar-refractivity contribution < 1.29 is 19.1 Å². The normalized spacial score (nSPS) is 13.6. The van der Waals surface area contributed by atoms with Gasteiger partial charge >= 0.3 is 0 Å². The number of nitrogens with one attached hydrogen (secondary N) is 2. The van der Waals surface area contributed by atoms with Crippen LogP contribution in [0.25, 0.3) is 16.9 Å². The van der Waals surface area contributed by atoms with Crippen molar-refractivity contribution in [2.24, 2.45) is 0 Å². The van der Waals surface area contributed by atoms with E-state index < -0.39 is 17.7 Å². The molecule has 5 rings (SSSR count). The van der Waals surface area contributed by atoms with Crippen LogP contribution in [0.4, 0.5) is 15.8 Å². The highest BCUT2D eigenvalue weighted by molar-refractivity contribution is 6.00. The molecule has 1 aromatic carbocycles. The molecule has 11 heteroatoms. The number of alkyl halides is 1. The summed E-state index contributed by atoms with van der Waals surface area (Å²) in [5.74, 6) is -0.565. The first-order valence-corrected chi connectivity index (χ1v) is 12.7. The van der Waals surface area contributed by atoms with Crippen molar-refractivity contribution in [3.8, 4) is 17.5 Å². The Kier molecular flexibility index (Phi) is 6.95. The standard InChI is InChI=1S/C29H28FN7O3/c1-17(38)36-15-19-4-5-21(9-20(19)16-36)35-24-10-25(26-7-6-22-8-18(11-31)12-34-37(22)26)32-13-23(24)28(39)33-14-27(30)29(2,3)40/h4-10,12-13,27,40H,14-16H2,1-3H3,(H,32,35)(H,33,39). The molecule has 1 unspecified atom stereocenters. The summed E-state index contributed by atoms with van der Waals surface area (Å²) < 4.78 is 16.0. The molecule has 0 aliphatic carbocycles. The number of aliphatic hydroxyl groups is 1. The Labute approximate surface area is 230 Å². The van der Waals surface area contributed by atoms with Crippen LogP contribution in [0, 0.1) is 11.3 Å². The number of halogens is 1. The van der Waals surface area contributed by atoms with Crippen molar-refractivity contribution in [3.63, 3.8) is 0 Å². The summed E-state index contributed by atoms with van der Waals surface area (Å²) in [6.45, 7) is 4.88. The molecular weight excluding hydrogens is 513 g/mol. The van der Waals surface area contributed by atoms with Crippen LogP contribution in [0.15, 0.2) is 54.9 Å². The molecule has 0 bridgehead atoms. The molecule has 204 valence electrons. The second-order valence-corrected chi connectivity index (χ2v) is 10.3. The number of hydrogen-bond donors (Lipinski definition) is 3. The summed E-state index contributed by atoms with van der Waals surface area (Å²) in [4.78, 5) is 31.2. The second-order valence-electron chi connectivity index (χ2n) is 10.3. The zero-order chi connectivity index (χ0) is 28.6. The van der Waals surface area contributed by atoms with E-state index in [1.807, 2.05) is 30.3 Å². The molecule has 0 saturated carbocycles. The van der Waals surface area contributed by atoms with E-state index >= 15 is 0 Å². The highest BCUT2D eigenvalue weighted by Crippen LogP contribution is 2.31. The number of carbonyl (C=O) groups excluding carboxylic acids is 2. The Morgan fingerprint density at radius 2 is 1.93 bits per heavy atom. The molecule has 40 heavy (non-hydrogen) atoms. The monoisotopic (exact) mass is 541 g/mol. The van der Waals surface area contributed by atoms with Crippen molar-refractivity contribution in [2.45, 2.75) is 45.6 Å². The van der Waals surface area contributed by atoms with Crippen LogP contribution in [-0.2, 0) is 17.9 Å². The highest BCUT2D eigenvalue weighted by atomic mass is 19.1. The summed E-state index contributed by atoms with van der Waals surface area (Å²) in [6, 6.07) is 14.9. The molecule has 4 aromatic rings. The van der Waals surface area contributed by atoms with E-state index in [0.29, 0.717) is 46.9 Å². The Hall–Kier alpha value is -4.82. The quantitative estimate of drug-likeness (QED) is 0.325. The van der Waals surface area contributed by atoms with Gasteiger partial charge in [0.15, 0.2) is 0 Å². The highest BCUT2D eigenvalue weighted by Gasteiger charge is 2.27. The van der Waals surface area contributed by atoms with Gasteiger partial charge in [-0.15, -0.1) is 0 Å². The van der Waals surface area contributed by atoms with Gasteiger partial charge in [-0.3, -0.25) is 14.6 Å². The molecule has 1 atom stereocenters. The van der Waals surface area contributed by atoms with Gasteiger partial charge in [0.2, 0.25) is 5.91 Å². The van der Waals surface area contributed by atoms with E-state index in [-0.39, 0.29) is 18.0 Å². The van der Waals surface area contributed by atoms with E-state index in [0.717, 1.165) is 11.1 Å². The first-order chi connectivity index (χ1) is 19.0. The molecule has 3 N–H and O–H groups in total. The van der Waals surface area contributed by atoms with Crippen LogP contribution in [0.3, 0.4) is 0 Å². The van der Waals surface area contributed by atoms with Crippen molar-refractivity contribution >= 4 is 28.7 Å². The SMILES string of the molecule is CC(=O)N1Cc2ccc(Nc3cc(-c4ccc5cc(C#N)cnn45)ncc3C(=O)NCC(F)C(C)(C)O)cc2C1. The smallest absolute Gasteiger partial charge is 0.255 e. The number of rotatable bonds is 7. The maximum absolute atomic E-state index is 14.3. The van der Waals surface area contributed by atoms with Crippen LogP contribution in [0.1, 0.15) is 47.8 Å². The van der Waals surface area contributed by atoms with Gasteiger partial charge in [-0.25, -0.2) is 8.91 Å². The van der Waals surface area contributed by atoms with Crippen molar-refractivity contribution in [1.29, 1.82) is 5.26 Å². The molecule has 0 spiro atoms. The van der Waals surface area contributed by atoms with E-state index in [4.69, 9.17) is 0 Å². The van der Waals surface area contributed by atoms with Crippen molar-refractivity contribution in [3.05, 3.63) is 77.1 Å². The fourth-order valence-electron chi connectivity index (χ4n) is 4.51. The number of fused-ring (bicyclic) bond motifs is 2. The minimum atomic E-state index is -1.67. The average Bonchev–Trinajstić information content (AvgIpc) is 3.54. The molecule has 1 aliphatic rings. The fraction of sp³-hybridized carbons (Fsp3) is 0.276. The lowest BCUT2D eigenvalue weighted by Gasteiger charge is -2.22. The molecule has 3 aromatic heterocycles. The number of nitrogens with zero attached hydrogens (tertiary/aromatic N) is 5. The second kappa shape index (κ2) is 10.4. The first-order valence-electron chi connectivity index (χ1n) is 12.7. The molecule has 0 fully saturated rings. The molecule has 4 heterocycles. The maximum atomic E-state index is 14.3. The molecule has 2 amide bonds. The minimum absolute atomic E-state index is 0.00408. The number of hydrogen-bond acceptors (Lipinski definition) is 7. The van der Waals surface area contributed by atoms with Gasteiger partial charge in [-0.1, -0.05) is 6.07 Å². The first kappa shape index (κ1) is 26.8. The van der Waals surface area contributed by atoms with Crippen LogP contribution in [0.5, 0.6) is 0 Å². The fourth-order valence-corrected chi connectivity index (χ4v) is 4.51. The summed E-state index contributed by atoms with van der Waals surface area (Å²) in [7, 11) is 0. The predicted octanol–water partition coefficient (Wildman–Crippen LogP) is 3.71. The van der Waals surface area contributed by atoms with Crippen molar-refractivity contribution in [1.82, 2.24) is 24.8 Å². The van der Waals surface area contributed by atoms with Gasteiger partial charge < -0.3 is 20.6 Å². The lowest BCUT2D eigenvalue weighted by atomic mass is 10.0. The molecule has 0 saturated heterocycles. The van der Waals surface area contributed by atoms with Crippen LogP contribution in [0.2, 0.25) is 0 Å². The number of benzene rings is 1. The number of nitriles is 1. The third-order valence-corrected chi connectivity index (χ3v) is 6.90. The summed E-state index contributed by atoms with van der Waals surface area (Å²) in [5.41, 5.74) is 4.04. The average molecular weight is 542 g/mol. The van der Waals surface area contributed by atoms with Gasteiger partial charge in [0.1, 0.15) is 12.2 Å². The predicted molar refractivity (Wildman–Crippen MR) is 146 cm³/mol. The third kappa shape index (κ3) is 5.34. The number of carbonyl (C=O) groups is 2. The molecule has 1 aliphatic heterocycles. The number of anilines is 2. The van der Waals surface area contributed by atoms with Crippen LogP contribution < -0.4 is 10.6 Å². The third-order valence-electron chi connectivity index (χ3n) is 6.90. The van der Waals surface area contributed by atoms with Gasteiger partial charge in [0, 0.05) is 31.9 Å². The lowest BCUT2D eigenvalue weighted by Crippen LogP contribution is -2.42. The summed E-state index contributed by atoms with van der Waals surface area (Å²) in [5, 5.41) is 29.3. The lowest BCUT2D eigenvalue weighted by molar-refractivity contribution is -0.129. The van der Waals surface area contributed by atoms with Gasteiger partial charge in [0.05, 0.1) is 52.1 Å². The minimum Gasteiger partial charge on any atom is -0.387 e. The molecule has 0 radical (unpaired) electrons. The Bertz CT molecular complexity index is 1670. The van der Waals surface area contributed by atoms with E-state index in [9.17, 15) is 24.3 Å². The Balaban J connectivity index is 1.50. The maximum Gasteiger partial charge on any atom is 0.255 e. The van der Waals surface area contributed by atoms with E-state index in [1.54, 1.807) is 21.5 Å². The van der Waals surface area contributed by atoms with E-state index in [1.165, 1.54) is 33.2 Å². The zero-order valence-corrected chi connectivity index (χ0v) is 22.3. The van der Waals surface area contributed by atoms with Crippen LogP contribution >= 0.6 is 0 Å². The number of pyridine rings is 1. The number of aromatic nitrogens is 3. The van der Waals surface area contributed by atoms with E-state index in [2.05, 4.69) is 26.8 Å². The van der Waals surface area contributed by atoms with Gasteiger partial charge in [0.25, 0.3) is 5.91 Å². The van der Waals surface area contributed by atoms with Crippen molar-refractivity contribution in [2.75, 3.05) is 11.9 Å². The molecular formula is C29H28FN7O3. The Morgan fingerprint density at radius 3 is 2.65 bits per heavy atom. The zero-order valence-electron chi connectivity index (χ0n) is 22.3. The largest absolute Gasteiger partial charge is 0.387 e. The van der Waals surface area contributed by atoms with Gasteiger partial charge in [-0.05, 0) is 61.4 Å². The topological polar surface area (TPSA) is 136 Å².